The molecule has 0 aliphatic rings. The van der Waals surface area contributed by atoms with Gasteiger partial charge in [-0.3, -0.25) is 4.79 Å². The Morgan fingerprint density at radius 3 is 2.44 bits per heavy atom. The molecule has 144 valence electrons. The lowest BCUT2D eigenvalue weighted by Crippen LogP contribution is -2.43. The average molecular weight is 436 g/mol. The van der Waals surface area contributed by atoms with Gasteiger partial charge < -0.3 is 19.5 Å². The summed E-state index contributed by atoms with van der Waals surface area (Å²) in [5.74, 6) is 0.0203. The summed E-state index contributed by atoms with van der Waals surface area (Å²) in [6.07, 6.45) is 0.328. The molecule has 0 radical (unpaired) electrons. The van der Waals surface area contributed by atoms with Crippen LogP contribution in [0.3, 0.4) is 0 Å². The predicted octanol–water partition coefficient (Wildman–Crippen LogP) is 3.37. The maximum absolute atomic E-state index is 12.7. The van der Waals surface area contributed by atoms with Crippen LogP contribution in [0, 0.1) is 0 Å². The molecule has 2 aromatic rings. The molecule has 7 heteroatoms. The molecule has 1 amide bonds. The highest BCUT2D eigenvalue weighted by molar-refractivity contribution is 9.10. The molecule has 1 N–H and O–H groups in total. The van der Waals surface area contributed by atoms with E-state index in [9.17, 15) is 9.59 Å². The van der Waals surface area contributed by atoms with Crippen molar-refractivity contribution in [1.29, 1.82) is 0 Å². The van der Waals surface area contributed by atoms with E-state index in [1.54, 1.807) is 12.1 Å². The number of carbonyl (C=O) groups excluding carboxylic acids is 2. The lowest BCUT2D eigenvalue weighted by atomic mass is 10.1. The molecule has 0 aromatic heterocycles. The molecule has 27 heavy (non-hydrogen) atoms. The van der Waals surface area contributed by atoms with Gasteiger partial charge in [-0.05, 0) is 40.5 Å². The van der Waals surface area contributed by atoms with Crippen LogP contribution < -0.4 is 14.8 Å². The smallest absolute Gasteiger partial charge is 0.328 e. The van der Waals surface area contributed by atoms with Gasteiger partial charge in [0.15, 0.2) is 11.5 Å². The van der Waals surface area contributed by atoms with E-state index < -0.39 is 17.9 Å². The maximum atomic E-state index is 12.7. The number of hydrogen-bond donors (Lipinski definition) is 1. The zero-order valence-corrected chi connectivity index (χ0v) is 17.0. The van der Waals surface area contributed by atoms with Gasteiger partial charge in [0, 0.05) is 12.0 Å². The summed E-state index contributed by atoms with van der Waals surface area (Å²) in [4.78, 5) is 24.8. The van der Waals surface area contributed by atoms with Crippen molar-refractivity contribution >= 4 is 27.8 Å². The number of rotatable bonds is 8. The van der Waals surface area contributed by atoms with E-state index >= 15 is 0 Å². The number of nitrogens with one attached hydrogen (secondary N) is 1. The van der Waals surface area contributed by atoms with Gasteiger partial charge in [0.25, 0.3) is 5.91 Å². The number of carbonyl (C=O) groups is 2. The first-order valence-corrected chi connectivity index (χ1v) is 9.22. The van der Waals surface area contributed by atoms with Gasteiger partial charge in [-0.25, -0.2) is 4.79 Å². The second-order valence-electron chi connectivity index (χ2n) is 5.66. The van der Waals surface area contributed by atoms with Crippen LogP contribution in [-0.4, -0.2) is 38.7 Å². The number of esters is 1. The van der Waals surface area contributed by atoms with E-state index in [1.807, 2.05) is 37.3 Å². The monoisotopic (exact) mass is 435 g/mol. The summed E-state index contributed by atoms with van der Waals surface area (Å²) in [5, 5.41) is 2.73. The van der Waals surface area contributed by atoms with Crippen LogP contribution in [-0.2, 0) is 16.0 Å². The Balaban J connectivity index is 2.24. The van der Waals surface area contributed by atoms with Crippen LogP contribution in [0.1, 0.15) is 22.8 Å². The summed E-state index contributed by atoms with van der Waals surface area (Å²) in [7, 11) is 2.79. The first kappa shape index (κ1) is 20.8. The molecule has 0 aliphatic heterocycles. The van der Waals surface area contributed by atoms with Gasteiger partial charge in [0.1, 0.15) is 6.04 Å². The Kier molecular flexibility index (Phi) is 7.67. The third-order valence-corrected chi connectivity index (χ3v) is 4.44. The first-order valence-electron chi connectivity index (χ1n) is 8.43. The number of hydrogen-bond acceptors (Lipinski definition) is 5. The lowest BCUT2D eigenvalue weighted by molar-refractivity contribution is -0.142. The number of benzene rings is 2. The highest BCUT2D eigenvalue weighted by atomic mass is 79.9. The van der Waals surface area contributed by atoms with Gasteiger partial charge in [0.05, 0.1) is 25.3 Å². The van der Waals surface area contributed by atoms with Gasteiger partial charge in [-0.2, -0.15) is 0 Å². The first-order chi connectivity index (χ1) is 13.0. The van der Waals surface area contributed by atoms with Crippen molar-refractivity contribution in [1.82, 2.24) is 5.32 Å². The van der Waals surface area contributed by atoms with E-state index in [-0.39, 0.29) is 0 Å². The molecule has 0 heterocycles. The quantitative estimate of drug-likeness (QED) is 0.643. The number of amides is 1. The van der Waals surface area contributed by atoms with Crippen LogP contribution in [0.2, 0.25) is 0 Å². The SMILES string of the molecule is CCOc1c(Br)cc(C(=O)NC(Cc2ccccc2)C(=O)OC)cc1OC. The second-order valence-corrected chi connectivity index (χ2v) is 6.52. The van der Waals surface area contributed by atoms with E-state index in [0.717, 1.165) is 5.56 Å². The Morgan fingerprint density at radius 2 is 1.85 bits per heavy atom. The predicted molar refractivity (Wildman–Crippen MR) is 105 cm³/mol. The zero-order chi connectivity index (χ0) is 19.8. The van der Waals surface area contributed by atoms with Crippen molar-refractivity contribution in [2.75, 3.05) is 20.8 Å². The maximum Gasteiger partial charge on any atom is 0.328 e. The molecular weight excluding hydrogens is 414 g/mol. The number of methoxy groups -OCH3 is 2. The molecule has 6 nitrogen and oxygen atoms in total. The van der Waals surface area contributed by atoms with Crippen molar-refractivity contribution < 1.29 is 23.8 Å². The fraction of sp³-hybridized carbons (Fsp3) is 0.300. The average Bonchev–Trinajstić information content (AvgIpc) is 2.68. The lowest BCUT2D eigenvalue weighted by Gasteiger charge is -2.18. The molecule has 2 rings (SSSR count). The summed E-state index contributed by atoms with van der Waals surface area (Å²) in [6, 6.07) is 11.8. The molecule has 2 aromatic carbocycles. The molecule has 0 bridgehead atoms. The third kappa shape index (κ3) is 5.47. The van der Waals surface area contributed by atoms with Crippen LogP contribution in [0.15, 0.2) is 46.9 Å². The summed E-state index contributed by atoms with van der Waals surface area (Å²) in [5.41, 5.74) is 1.25. The van der Waals surface area contributed by atoms with E-state index in [0.29, 0.717) is 34.6 Å². The minimum absolute atomic E-state index is 0.328. The fourth-order valence-corrected chi connectivity index (χ4v) is 3.12. The van der Waals surface area contributed by atoms with Crippen LogP contribution in [0.4, 0.5) is 0 Å². The minimum Gasteiger partial charge on any atom is -0.493 e. The van der Waals surface area contributed by atoms with Crippen molar-refractivity contribution in [3.63, 3.8) is 0 Å². The highest BCUT2D eigenvalue weighted by Gasteiger charge is 2.24. The van der Waals surface area contributed by atoms with Crippen molar-refractivity contribution in [3.8, 4) is 11.5 Å². The Labute approximate surface area is 166 Å². The largest absolute Gasteiger partial charge is 0.493 e. The topological polar surface area (TPSA) is 73.9 Å². The summed E-state index contributed by atoms with van der Waals surface area (Å²) in [6.45, 7) is 2.32. The minimum atomic E-state index is -0.804. The molecule has 0 saturated heterocycles. The van der Waals surface area contributed by atoms with Crippen molar-refractivity contribution in [2.45, 2.75) is 19.4 Å². The van der Waals surface area contributed by atoms with Crippen LogP contribution in [0.25, 0.3) is 0 Å². The van der Waals surface area contributed by atoms with Crippen LogP contribution >= 0.6 is 15.9 Å². The van der Waals surface area contributed by atoms with Crippen LogP contribution in [0.5, 0.6) is 11.5 Å². The summed E-state index contributed by atoms with van der Waals surface area (Å²) >= 11 is 3.39. The number of halogens is 1. The second kappa shape index (κ2) is 9.97. The Bertz CT molecular complexity index is 794. The van der Waals surface area contributed by atoms with E-state index in [1.165, 1.54) is 14.2 Å². The third-order valence-electron chi connectivity index (χ3n) is 3.85. The Hall–Kier alpha value is -2.54. The molecule has 0 fully saturated rings. The number of ether oxygens (including phenoxy) is 3. The highest BCUT2D eigenvalue weighted by Crippen LogP contribution is 2.36. The fourth-order valence-electron chi connectivity index (χ4n) is 2.56. The molecule has 1 unspecified atom stereocenters. The Morgan fingerprint density at radius 1 is 1.15 bits per heavy atom. The van der Waals surface area contributed by atoms with Gasteiger partial charge in [-0.15, -0.1) is 0 Å². The van der Waals surface area contributed by atoms with E-state index in [2.05, 4.69) is 21.2 Å². The summed E-state index contributed by atoms with van der Waals surface area (Å²) < 4.78 is 16.3. The molecule has 0 aliphatic carbocycles. The standard InChI is InChI=1S/C20H22BrNO5/c1-4-27-18-15(21)11-14(12-17(18)25-2)19(23)22-16(20(24)26-3)10-13-8-6-5-7-9-13/h5-9,11-12,16H,4,10H2,1-3H3,(H,22,23). The van der Waals surface area contributed by atoms with E-state index in [4.69, 9.17) is 14.2 Å². The van der Waals surface area contributed by atoms with Gasteiger partial charge in [0.2, 0.25) is 0 Å². The molecule has 1 atom stereocenters. The van der Waals surface area contributed by atoms with Gasteiger partial charge in [-0.1, -0.05) is 30.3 Å². The van der Waals surface area contributed by atoms with Gasteiger partial charge >= 0.3 is 5.97 Å². The zero-order valence-electron chi connectivity index (χ0n) is 15.5. The van der Waals surface area contributed by atoms with Crippen molar-refractivity contribution in [3.05, 3.63) is 58.1 Å². The van der Waals surface area contributed by atoms with Crippen molar-refractivity contribution in [2.24, 2.45) is 0 Å². The molecule has 0 spiro atoms. The molecular formula is C20H22BrNO5. The normalized spacial score (nSPS) is 11.4. The molecule has 0 saturated carbocycles.